The molecule has 0 fully saturated rings. The molecule has 0 saturated heterocycles. The second-order valence-electron chi connectivity index (χ2n) is 3.18. The normalized spacial score (nSPS) is 12.6. The smallest absolute Gasteiger partial charge is 0.163 e. The van der Waals surface area contributed by atoms with Crippen molar-refractivity contribution in [3.63, 3.8) is 0 Å². The quantitative estimate of drug-likeness (QED) is 0.777. The van der Waals surface area contributed by atoms with Gasteiger partial charge in [-0.15, -0.1) is 0 Å². The molecule has 0 heterocycles. The van der Waals surface area contributed by atoms with E-state index in [1.165, 1.54) is 13.2 Å². The molecule has 4 heteroatoms. The van der Waals surface area contributed by atoms with Crippen molar-refractivity contribution in [3.05, 3.63) is 23.5 Å². The van der Waals surface area contributed by atoms with Crippen LogP contribution in [-0.4, -0.2) is 18.8 Å². The summed E-state index contributed by atoms with van der Waals surface area (Å²) in [7, 11) is 1.38. The fourth-order valence-corrected chi connectivity index (χ4v) is 1.25. The maximum atomic E-state index is 13.1. The van der Waals surface area contributed by atoms with Crippen LogP contribution in [-0.2, 0) is 0 Å². The van der Waals surface area contributed by atoms with Gasteiger partial charge in [0.1, 0.15) is 5.82 Å². The number of aromatic hydroxyl groups is 1. The highest BCUT2D eigenvalue weighted by Crippen LogP contribution is 2.34. The first kappa shape index (κ1) is 10.8. The monoisotopic (exact) mass is 199 g/mol. The van der Waals surface area contributed by atoms with Gasteiger partial charge in [-0.1, -0.05) is 6.92 Å². The molecule has 0 saturated carbocycles. The zero-order valence-electron chi connectivity index (χ0n) is 8.25. The molecule has 0 aromatic heterocycles. The highest BCUT2D eigenvalue weighted by Gasteiger charge is 2.14. The Morgan fingerprint density at radius 1 is 1.57 bits per heavy atom. The van der Waals surface area contributed by atoms with Crippen LogP contribution in [0.3, 0.4) is 0 Å². The predicted octanol–water partition coefficient (Wildman–Crippen LogP) is 1.60. The zero-order valence-corrected chi connectivity index (χ0v) is 8.25. The second-order valence-corrected chi connectivity index (χ2v) is 3.18. The van der Waals surface area contributed by atoms with E-state index in [0.29, 0.717) is 12.1 Å². The molecule has 0 aliphatic carbocycles. The van der Waals surface area contributed by atoms with Crippen LogP contribution in [0.1, 0.15) is 18.4 Å². The van der Waals surface area contributed by atoms with Crippen molar-refractivity contribution in [2.24, 2.45) is 5.73 Å². The Morgan fingerprint density at radius 3 is 2.71 bits per heavy atom. The van der Waals surface area contributed by atoms with Crippen LogP contribution in [0.5, 0.6) is 11.5 Å². The van der Waals surface area contributed by atoms with Gasteiger partial charge >= 0.3 is 0 Å². The molecule has 1 aromatic rings. The summed E-state index contributed by atoms with van der Waals surface area (Å²) in [5.41, 5.74) is 5.92. The third-order valence-electron chi connectivity index (χ3n) is 2.17. The first-order chi connectivity index (χ1) is 6.60. The van der Waals surface area contributed by atoms with Gasteiger partial charge in [0.25, 0.3) is 0 Å². The Morgan fingerprint density at radius 2 is 2.21 bits per heavy atom. The third kappa shape index (κ3) is 1.96. The van der Waals surface area contributed by atoms with Gasteiger partial charge in [-0.3, -0.25) is 0 Å². The van der Waals surface area contributed by atoms with Crippen LogP contribution < -0.4 is 10.5 Å². The van der Waals surface area contributed by atoms with Crippen molar-refractivity contribution in [3.8, 4) is 11.5 Å². The van der Waals surface area contributed by atoms with Crippen molar-refractivity contribution in [1.82, 2.24) is 0 Å². The molecule has 1 unspecified atom stereocenters. The minimum atomic E-state index is -0.435. The average molecular weight is 199 g/mol. The van der Waals surface area contributed by atoms with E-state index in [4.69, 9.17) is 10.5 Å². The van der Waals surface area contributed by atoms with E-state index in [0.717, 1.165) is 6.07 Å². The summed E-state index contributed by atoms with van der Waals surface area (Å²) in [6.45, 7) is 2.16. The summed E-state index contributed by atoms with van der Waals surface area (Å²) >= 11 is 0. The summed E-state index contributed by atoms with van der Waals surface area (Å²) < 4.78 is 17.9. The first-order valence-electron chi connectivity index (χ1n) is 4.36. The fraction of sp³-hybridized carbons (Fsp3) is 0.400. The number of benzene rings is 1. The van der Waals surface area contributed by atoms with E-state index in [1.807, 2.05) is 6.92 Å². The average Bonchev–Trinajstić information content (AvgIpc) is 2.19. The minimum absolute atomic E-state index is 0.0353. The Bertz CT molecular complexity index is 328. The maximum absolute atomic E-state index is 13.1. The number of phenols is 1. The number of hydrogen-bond acceptors (Lipinski definition) is 3. The molecule has 0 amide bonds. The Labute approximate surface area is 82.3 Å². The highest BCUT2D eigenvalue weighted by atomic mass is 19.1. The number of halogens is 1. The molecule has 0 aliphatic rings. The van der Waals surface area contributed by atoms with Crippen molar-refractivity contribution in [2.45, 2.75) is 12.8 Å². The van der Waals surface area contributed by atoms with Gasteiger partial charge in [-0.05, 0) is 18.5 Å². The lowest BCUT2D eigenvalue weighted by atomic mass is 10.00. The lowest BCUT2D eigenvalue weighted by Gasteiger charge is -2.13. The number of hydrogen-bond donors (Lipinski definition) is 2. The zero-order chi connectivity index (χ0) is 10.7. The van der Waals surface area contributed by atoms with E-state index in [2.05, 4.69) is 0 Å². The van der Waals surface area contributed by atoms with Crippen LogP contribution in [0.4, 0.5) is 4.39 Å². The van der Waals surface area contributed by atoms with Crippen LogP contribution in [0, 0.1) is 5.82 Å². The van der Waals surface area contributed by atoms with E-state index in [-0.39, 0.29) is 17.4 Å². The second kappa shape index (κ2) is 4.28. The highest BCUT2D eigenvalue weighted by molar-refractivity contribution is 5.47. The maximum Gasteiger partial charge on any atom is 0.163 e. The van der Waals surface area contributed by atoms with Crippen LogP contribution in [0.2, 0.25) is 0 Å². The van der Waals surface area contributed by atoms with Crippen molar-refractivity contribution >= 4 is 0 Å². The molecule has 0 radical (unpaired) electrons. The van der Waals surface area contributed by atoms with E-state index in [1.54, 1.807) is 0 Å². The Hall–Kier alpha value is -1.29. The minimum Gasteiger partial charge on any atom is -0.504 e. The van der Waals surface area contributed by atoms with Gasteiger partial charge in [0.2, 0.25) is 0 Å². The number of methoxy groups -OCH3 is 1. The number of rotatable bonds is 3. The molecule has 0 aliphatic heterocycles. The molecule has 0 spiro atoms. The summed E-state index contributed by atoms with van der Waals surface area (Å²) in [5.74, 6) is -0.429. The molecular weight excluding hydrogens is 185 g/mol. The topological polar surface area (TPSA) is 55.5 Å². The molecule has 1 rings (SSSR count). The van der Waals surface area contributed by atoms with Gasteiger partial charge in [0.05, 0.1) is 7.11 Å². The molecule has 3 nitrogen and oxygen atoms in total. The third-order valence-corrected chi connectivity index (χ3v) is 2.17. The summed E-state index contributed by atoms with van der Waals surface area (Å²) in [5, 5.41) is 9.67. The van der Waals surface area contributed by atoms with Gasteiger partial charge in [-0.2, -0.15) is 0 Å². The lowest BCUT2D eigenvalue weighted by molar-refractivity contribution is 0.365. The summed E-state index contributed by atoms with van der Waals surface area (Å²) in [4.78, 5) is 0. The van der Waals surface area contributed by atoms with Crippen LogP contribution in [0.25, 0.3) is 0 Å². The molecule has 1 atom stereocenters. The molecule has 14 heavy (non-hydrogen) atoms. The first-order valence-corrected chi connectivity index (χ1v) is 4.36. The van der Waals surface area contributed by atoms with E-state index in [9.17, 15) is 9.50 Å². The van der Waals surface area contributed by atoms with E-state index < -0.39 is 5.82 Å². The summed E-state index contributed by atoms with van der Waals surface area (Å²) in [6, 6.07) is 2.41. The predicted molar refractivity (Wildman–Crippen MR) is 52.1 cm³/mol. The standard InChI is InChI=1S/C10H14FNO2/c1-6(5-12)8-3-7(11)4-9(14-2)10(8)13/h3-4,6,13H,5,12H2,1-2H3. The molecule has 1 aromatic carbocycles. The van der Waals surface area contributed by atoms with Crippen LogP contribution in [0.15, 0.2) is 12.1 Å². The van der Waals surface area contributed by atoms with Crippen molar-refractivity contribution in [2.75, 3.05) is 13.7 Å². The Kier molecular flexibility index (Phi) is 3.30. The van der Waals surface area contributed by atoms with Crippen molar-refractivity contribution in [1.29, 1.82) is 0 Å². The van der Waals surface area contributed by atoms with E-state index >= 15 is 0 Å². The van der Waals surface area contributed by atoms with Gasteiger partial charge in [0, 0.05) is 11.6 Å². The molecule has 78 valence electrons. The largest absolute Gasteiger partial charge is 0.504 e. The molecule has 0 bridgehead atoms. The number of phenolic OH excluding ortho intramolecular Hbond substituents is 1. The lowest BCUT2D eigenvalue weighted by Crippen LogP contribution is -2.09. The molecular formula is C10H14FNO2. The van der Waals surface area contributed by atoms with Gasteiger partial charge in [-0.25, -0.2) is 4.39 Å². The summed E-state index contributed by atoms with van der Waals surface area (Å²) in [6.07, 6.45) is 0. The van der Waals surface area contributed by atoms with Gasteiger partial charge < -0.3 is 15.6 Å². The molecule has 3 N–H and O–H groups in total. The number of nitrogens with two attached hydrogens (primary N) is 1. The van der Waals surface area contributed by atoms with Crippen LogP contribution >= 0.6 is 0 Å². The Balaban J connectivity index is 3.21. The SMILES string of the molecule is COc1cc(F)cc(C(C)CN)c1O. The van der Waals surface area contributed by atoms with Gasteiger partial charge in [0.15, 0.2) is 11.5 Å². The van der Waals surface area contributed by atoms with Crippen molar-refractivity contribution < 1.29 is 14.2 Å². The fourth-order valence-electron chi connectivity index (χ4n) is 1.25. The number of ether oxygens (including phenoxy) is 1.